The van der Waals surface area contributed by atoms with Crippen molar-refractivity contribution in [1.82, 2.24) is 25.1 Å². The van der Waals surface area contributed by atoms with E-state index in [-0.39, 0.29) is 6.04 Å². The molecule has 0 aliphatic heterocycles. The molecule has 3 rings (SSSR count). The topological polar surface area (TPSA) is 55.6 Å². The van der Waals surface area contributed by atoms with E-state index in [1.54, 1.807) is 12.4 Å². The Morgan fingerprint density at radius 1 is 1.14 bits per heavy atom. The zero-order valence-electron chi connectivity index (χ0n) is 12.3. The highest BCUT2D eigenvalue weighted by Crippen LogP contribution is 2.22. The van der Waals surface area contributed by atoms with Crippen LogP contribution in [0, 0.1) is 0 Å². The van der Waals surface area contributed by atoms with E-state index in [2.05, 4.69) is 45.5 Å². The fourth-order valence-electron chi connectivity index (χ4n) is 2.62. The van der Waals surface area contributed by atoms with Gasteiger partial charge in [0.15, 0.2) is 0 Å². The number of benzene rings is 1. The van der Waals surface area contributed by atoms with E-state index in [0.717, 1.165) is 30.0 Å². The lowest BCUT2D eigenvalue weighted by molar-refractivity contribution is 0.514. The molecule has 0 amide bonds. The highest BCUT2D eigenvalue weighted by atomic mass is 15.3. The molecule has 1 atom stereocenters. The summed E-state index contributed by atoms with van der Waals surface area (Å²) in [5.41, 5.74) is 2.23. The molecule has 0 aliphatic carbocycles. The van der Waals surface area contributed by atoms with Gasteiger partial charge in [-0.3, -0.25) is 4.68 Å². The standard InChI is InChI=1S/C16H19N5/c1-3-17-14(16-18-9-6-10-19-16)11-13-12-7-4-5-8-15(12)21(2)20-13/h4-10,14,17H,3,11H2,1-2H3. The van der Waals surface area contributed by atoms with E-state index in [0.29, 0.717) is 0 Å². The maximum Gasteiger partial charge on any atom is 0.145 e. The number of aryl methyl sites for hydroxylation is 1. The first-order valence-corrected chi connectivity index (χ1v) is 7.20. The summed E-state index contributed by atoms with van der Waals surface area (Å²) >= 11 is 0. The highest BCUT2D eigenvalue weighted by molar-refractivity contribution is 5.81. The predicted molar refractivity (Wildman–Crippen MR) is 82.9 cm³/mol. The van der Waals surface area contributed by atoms with Crippen molar-refractivity contribution in [3.8, 4) is 0 Å². The van der Waals surface area contributed by atoms with Crippen molar-refractivity contribution < 1.29 is 0 Å². The van der Waals surface area contributed by atoms with Crippen LogP contribution >= 0.6 is 0 Å². The number of hydrogen-bond acceptors (Lipinski definition) is 4. The van der Waals surface area contributed by atoms with Crippen molar-refractivity contribution in [2.75, 3.05) is 6.54 Å². The van der Waals surface area contributed by atoms with Crippen LogP contribution < -0.4 is 5.32 Å². The van der Waals surface area contributed by atoms with Crippen molar-refractivity contribution in [2.45, 2.75) is 19.4 Å². The largest absolute Gasteiger partial charge is 0.307 e. The molecule has 2 aromatic heterocycles. The summed E-state index contributed by atoms with van der Waals surface area (Å²) in [5, 5.41) is 9.30. The number of para-hydroxylation sites is 1. The van der Waals surface area contributed by atoms with Crippen molar-refractivity contribution >= 4 is 10.9 Å². The smallest absolute Gasteiger partial charge is 0.145 e. The molecule has 0 spiro atoms. The van der Waals surface area contributed by atoms with Crippen molar-refractivity contribution in [3.63, 3.8) is 0 Å². The Bertz CT molecular complexity index is 720. The quantitative estimate of drug-likeness (QED) is 0.779. The molecule has 108 valence electrons. The minimum atomic E-state index is 0.0782. The summed E-state index contributed by atoms with van der Waals surface area (Å²) in [6, 6.07) is 10.2. The lowest BCUT2D eigenvalue weighted by Crippen LogP contribution is -2.25. The van der Waals surface area contributed by atoms with Crippen LogP contribution in [0.1, 0.15) is 24.5 Å². The van der Waals surface area contributed by atoms with Crippen LogP contribution in [-0.4, -0.2) is 26.3 Å². The van der Waals surface area contributed by atoms with Crippen LogP contribution in [-0.2, 0) is 13.5 Å². The Labute approximate surface area is 124 Å². The number of nitrogens with zero attached hydrogens (tertiary/aromatic N) is 4. The van der Waals surface area contributed by atoms with E-state index < -0.39 is 0 Å². The first-order valence-electron chi connectivity index (χ1n) is 7.20. The first-order chi connectivity index (χ1) is 10.3. The van der Waals surface area contributed by atoms with E-state index in [1.807, 2.05) is 23.9 Å². The van der Waals surface area contributed by atoms with Gasteiger partial charge in [0.05, 0.1) is 17.3 Å². The second kappa shape index (κ2) is 6.01. The summed E-state index contributed by atoms with van der Waals surface area (Å²) in [7, 11) is 1.98. The molecule has 0 radical (unpaired) electrons. The molecular formula is C16H19N5. The molecule has 3 aromatic rings. The minimum Gasteiger partial charge on any atom is -0.307 e. The summed E-state index contributed by atoms with van der Waals surface area (Å²) in [6.07, 6.45) is 4.34. The fourth-order valence-corrected chi connectivity index (χ4v) is 2.62. The van der Waals surface area contributed by atoms with Gasteiger partial charge in [0.1, 0.15) is 5.82 Å². The number of likely N-dealkylation sites (N-methyl/N-ethyl adjacent to an activating group) is 1. The van der Waals surface area contributed by atoms with Gasteiger partial charge in [-0.05, 0) is 18.7 Å². The molecule has 2 heterocycles. The third kappa shape index (κ3) is 2.78. The zero-order valence-corrected chi connectivity index (χ0v) is 12.3. The Kier molecular flexibility index (Phi) is 3.92. The number of nitrogens with one attached hydrogen (secondary N) is 1. The van der Waals surface area contributed by atoms with Gasteiger partial charge in [0, 0.05) is 31.2 Å². The summed E-state index contributed by atoms with van der Waals surface area (Å²) in [5.74, 6) is 0.814. The Hall–Kier alpha value is -2.27. The molecule has 1 unspecified atom stereocenters. The summed E-state index contributed by atoms with van der Waals surface area (Å²) < 4.78 is 1.93. The molecule has 0 bridgehead atoms. The summed E-state index contributed by atoms with van der Waals surface area (Å²) in [4.78, 5) is 8.75. The molecule has 21 heavy (non-hydrogen) atoms. The maximum absolute atomic E-state index is 4.66. The minimum absolute atomic E-state index is 0.0782. The van der Waals surface area contributed by atoms with Crippen LogP contribution in [0.3, 0.4) is 0 Å². The SMILES string of the molecule is CCNC(Cc1nn(C)c2ccccc12)c1ncccn1. The van der Waals surface area contributed by atoms with Gasteiger partial charge in [-0.1, -0.05) is 25.1 Å². The maximum atomic E-state index is 4.66. The average Bonchev–Trinajstić information content (AvgIpc) is 2.85. The van der Waals surface area contributed by atoms with E-state index in [4.69, 9.17) is 0 Å². The molecule has 5 heteroatoms. The number of hydrogen-bond donors (Lipinski definition) is 1. The monoisotopic (exact) mass is 281 g/mol. The molecular weight excluding hydrogens is 262 g/mol. The van der Waals surface area contributed by atoms with Crippen LogP contribution in [0.4, 0.5) is 0 Å². The number of aromatic nitrogens is 4. The molecule has 0 fully saturated rings. The third-order valence-electron chi connectivity index (χ3n) is 3.58. The predicted octanol–water partition coefficient (Wildman–Crippen LogP) is 2.26. The van der Waals surface area contributed by atoms with Gasteiger partial charge in [-0.25, -0.2) is 9.97 Å². The average molecular weight is 281 g/mol. The van der Waals surface area contributed by atoms with E-state index in [1.165, 1.54) is 5.39 Å². The molecule has 5 nitrogen and oxygen atoms in total. The van der Waals surface area contributed by atoms with Crippen LogP contribution in [0.5, 0.6) is 0 Å². The lowest BCUT2D eigenvalue weighted by atomic mass is 10.1. The fraction of sp³-hybridized carbons (Fsp3) is 0.312. The van der Waals surface area contributed by atoms with Gasteiger partial charge < -0.3 is 5.32 Å². The van der Waals surface area contributed by atoms with Gasteiger partial charge in [0.2, 0.25) is 0 Å². The van der Waals surface area contributed by atoms with E-state index in [9.17, 15) is 0 Å². The normalized spacial score (nSPS) is 12.7. The third-order valence-corrected chi connectivity index (χ3v) is 3.58. The van der Waals surface area contributed by atoms with Gasteiger partial charge in [-0.15, -0.1) is 0 Å². The molecule has 1 N–H and O–H groups in total. The molecule has 0 aliphatic rings. The van der Waals surface area contributed by atoms with Crippen molar-refractivity contribution in [3.05, 3.63) is 54.2 Å². The Morgan fingerprint density at radius 2 is 1.90 bits per heavy atom. The second-order valence-electron chi connectivity index (χ2n) is 5.01. The Balaban J connectivity index is 1.95. The van der Waals surface area contributed by atoms with Crippen molar-refractivity contribution in [1.29, 1.82) is 0 Å². The van der Waals surface area contributed by atoms with E-state index >= 15 is 0 Å². The molecule has 1 aromatic carbocycles. The van der Waals surface area contributed by atoms with Crippen LogP contribution in [0.2, 0.25) is 0 Å². The van der Waals surface area contributed by atoms with Gasteiger partial charge in [-0.2, -0.15) is 5.10 Å². The zero-order chi connectivity index (χ0) is 14.7. The van der Waals surface area contributed by atoms with Crippen LogP contribution in [0.25, 0.3) is 10.9 Å². The second-order valence-corrected chi connectivity index (χ2v) is 5.01. The van der Waals surface area contributed by atoms with Gasteiger partial charge in [0.25, 0.3) is 0 Å². The number of rotatable bonds is 5. The van der Waals surface area contributed by atoms with Crippen LogP contribution in [0.15, 0.2) is 42.7 Å². The molecule has 0 saturated heterocycles. The van der Waals surface area contributed by atoms with Gasteiger partial charge >= 0.3 is 0 Å². The molecule has 0 saturated carbocycles. The Morgan fingerprint density at radius 3 is 2.67 bits per heavy atom. The lowest BCUT2D eigenvalue weighted by Gasteiger charge is -2.15. The number of fused-ring (bicyclic) bond motifs is 1. The summed E-state index contributed by atoms with van der Waals surface area (Å²) in [6.45, 7) is 2.96. The first kappa shape index (κ1) is 13.7. The van der Waals surface area contributed by atoms with Crippen molar-refractivity contribution in [2.24, 2.45) is 7.05 Å². The highest BCUT2D eigenvalue weighted by Gasteiger charge is 2.17.